The Kier molecular flexibility index (Phi) is 7.05. The Morgan fingerprint density at radius 1 is 0.903 bits per heavy atom. The SMILES string of the molecule is COc1ccccc1CN(Cc1ccccc1)Cc1ccc(C(=O)N2CCCCC2)o1. The number of hydrogen-bond donors (Lipinski definition) is 0. The maximum atomic E-state index is 12.8. The van der Waals surface area contributed by atoms with Crippen LogP contribution in [-0.4, -0.2) is 35.9 Å². The summed E-state index contributed by atoms with van der Waals surface area (Å²) in [5.41, 5.74) is 2.35. The van der Waals surface area contributed by atoms with Crippen molar-refractivity contribution in [2.75, 3.05) is 20.2 Å². The fraction of sp³-hybridized carbons (Fsp3) is 0.346. The van der Waals surface area contributed by atoms with E-state index in [0.29, 0.717) is 12.3 Å². The van der Waals surface area contributed by atoms with Crippen LogP contribution in [0.4, 0.5) is 0 Å². The molecule has 2 heterocycles. The van der Waals surface area contributed by atoms with Crippen LogP contribution >= 0.6 is 0 Å². The number of hydrogen-bond acceptors (Lipinski definition) is 4. The van der Waals surface area contributed by atoms with Gasteiger partial charge in [0.1, 0.15) is 11.5 Å². The van der Waals surface area contributed by atoms with Gasteiger partial charge in [-0.15, -0.1) is 0 Å². The van der Waals surface area contributed by atoms with Crippen LogP contribution in [-0.2, 0) is 19.6 Å². The van der Waals surface area contributed by atoms with Crippen molar-refractivity contribution in [2.24, 2.45) is 0 Å². The van der Waals surface area contributed by atoms with Gasteiger partial charge in [0.25, 0.3) is 5.91 Å². The maximum absolute atomic E-state index is 12.8. The molecule has 5 heteroatoms. The number of methoxy groups -OCH3 is 1. The summed E-state index contributed by atoms with van der Waals surface area (Å²) >= 11 is 0. The number of rotatable bonds is 8. The van der Waals surface area contributed by atoms with E-state index >= 15 is 0 Å². The predicted octanol–water partition coefficient (Wildman–Crippen LogP) is 5.12. The van der Waals surface area contributed by atoms with E-state index in [4.69, 9.17) is 9.15 Å². The Hall–Kier alpha value is -3.05. The van der Waals surface area contributed by atoms with E-state index in [1.54, 1.807) is 7.11 Å². The first-order valence-corrected chi connectivity index (χ1v) is 11.0. The van der Waals surface area contributed by atoms with E-state index in [0.717, 1.165) is 56.1 Å². The molecule has 1 fully saturated rings. The third kappa shape index (κ3) is 5.56. The lowest BCUT2D eigenvalue weighted by Crippen LogP contribution is -2.35. The van der Waals surface area contributed by atoms with Crippen LogP contribution in [0.5, 0.6) is 5.75 Å². The molecule has 3 aromatic rings. The average molecular weight is 419 g/mol. The fourth-order valence-electron chi connectivity index (χ4n) is 4.13. The van der Waals surface area contributed by atoms with Crippen molar-refractivity contribution in [1.29, 1.82) is 0 Å². The fourth-order valence-corrected chi connectivity index (χ4v) is 4.13. The molecule has 2 aromatic carbocycles. The predicted molar refractivity (Wildman–Crippen MR) is 121 cm³/mol. The first-order valence-electron chi connectivity index (χ1n) is 11.0. The van der Waals surface area contributed by atoms with Gasteiger partial charge in [-0.25, -0.2) is 0 Å². The summed E-state index contributed by atoms with van der Waals surface area (Å²) in [4.78, 5) is 17.0. The highest BCUT2D eigenvalue weighted by Crippen LogP contribution is 2.23. The van der Waals surface area contributed by atoms with E-state index in [-0.39, 0.29) is 5.91 Å². The Morgan fingerprint density at radius 2 is 1.65 bits per heavy atom. The van der Waals surface area contributed by atoms with E-state index < -0.39 is 0 Å². The summed E-state index contributed by atoms with van der Waals surface area (Å²) < 4.78 is 11.5. The molecule has 0 saturated carbocycles. The van der Waals surface area contributed by atoms with Crippen molar-refractivity contribution in [3.05, 3.63) is 89.4 Å². The van der Waals surface area contributed by atoms with Crippen LogP contribution in [0.2, 0.25) is 0 Å². The maximum Gasteiger partial charge on any atom is 0.289 e. The summed E-state index contributed by atoms with van der Waals surface area (Å²) in [6.07, 6.45) is 3.34. The Bertz CT molecular complexity index is 977. The molecule has 1 amide bonds. The summed E-state index contributed by atoms with van der Waals surface area (Å²) in [5.74, 6) is 2.12. The topological polar surface area (TPSA) is 45.9 Å². The molecule has 5 nitrogen and oxygen atoms in total. The minimum absolute atomic E-state index is 0.00490. The normalized spacial score (nSPS) is 14.1. The molecule has 162 valence electrons. The molecule has 0 unspecified atom stereocenters. The third-order valence-electron chi connectivity index (χ3n) is 5.73. The molecular formula is C26H30N2O3. The van der Waals surface area contributed by atoms with Gasteiger partial charge in [-0.3, -0.25) is 9.69 Å². The van der Waals surface area contributed by atoms with Crippen molar-refractivity contribution in [1.82, 2.24) is 9.80 Å². The molecule has 0 bridgehead atoms. The summed E-state index contributed by atoms with van der Waals surface area (Å²) in [6.45, 7) is 3.75. The summed E-state index contributed by atoms with van der Waals surface area (Å²) in [6, 6.07) is 22.2. The molecule has 0 N–H and O–H groups in total. The van der Waals surface area contributed by atoms with Gasteiger partial charge in [0, 0.05) is 31.7 Å². The number of carbonyl (C=O) groups excluding carboxylic acids is 1. The molecule has 1 aliphatic heterocycles. The standard InChI is InChI=1S/C26H30N2O3/c1-30-24-13-7-6-12-22(24)19-27(18-21-10-4-2-5-11-21)20-23-14-15-25(31-23)26(29)28-16-8-3-9-17-28/h2,4-7,10-15H,3,8-9,16-20H2,1H3. The molecule has 1 aliphatic rings. The van der Waals surface area contributed by atoms with Crippen LogP contribution in [0.1, 0.15) is 46.7 Å². The van der Waals surface area contributed by atoms with Crippen LogP contribution in [0.15, 0.2) is 71.1 Å². The molecule has 4 rings (SSSR count). The quantitative estimate of drug-likeness (QED) is 0.510. The minimum atomic E-state index is 0.00490. The highest BCUT2D eigenvalue weighted by molar-refractivity contribution is 5.91. The van der Waals surface area contributed by atoms with E-state index in [1.165, 1.54) is 12.0 Å². The third-order valence-corrected chi connectivity index (χ3v) is 5.73. The van der Waals surface area contributed by atoms with Gasteiger partial charge < -0.3 is 14.1 Å². The van der Waals surface area contributed by atoms with Crippen molar-refractivity contribution >= 4 is 5.91 Å². The molecule has 1 aromatic heterocycles. The number of amides is 1. The number of furan rings is 1. The molecule has 0 aliphatic carbocycles. The Balaban J connectivity index is 1.50. The Morgan fingerprint density at radius 3 is 2.42 bits per heavy atom. The Labute approximate surface area is 184 Å². The molecule has 0 atom stereocenters. The van der Waals surface area contributed by atoms with Gasteiger partial charge in [-0.2, -0.15) is 0 Å². The zero-order chi connectivity index (χ0) is 21.5. The molecule has 1 saturated heterocycles. The highest BCUT2D eigenvalue weighted by atomic mass is 16.5. The van der Waals surface area contributed by atoms with E-state index in [1.807, 2.05) is 41.3 Å². The minimum Gasteiger partial charge on any atom is -0.496 e. The second-order valence-corrected chi connectivity index (χ2v) is 8.06. The van der Waals surface area contributed by atoms with E-state index in [9.17, 15) is 4.79 Å². The lowest BCUT2D eigenvalue weighted by atomic mass is 10.1. The number of piperidine rings is 1. The van der Waals surface area contributed by atoms with Crippen molar-refractivity contribution in [3.8, 4) is 5.75 Å². The van der Waals surface area contributed by atoms with Crippen molar-refractivity contribution in [2.45, 2.75) is 38.9 Å². The summed E-state index contributed by atoms with van der Waals surface area (Å²) in [5, 5.41) is 0. The first kappa shape index (κ1) is 21.2. The molecule has 0 radical (unpaired) electrons. The second kappa shape index (κ2) is 10.3. The smallest absolute Gasteiger partial charge is 0.289 e. The number of ether oxygens (including phenoxy) is 1. The number of para-hydroxylation sites is 1. The van der Waals surface area contributed by atoms with Crippen LogP contribution in [0.25, 0.3) is 0 Å². The van der Waals surface area contributed by atoms with Gasteiger partial charge in [-0.05, 0) is 43.0 Å². The molecule has 31 heavy (non-hydrogen) atoms. The zero-order valence-electron chi connectivity index (χ0n) is 18.1. The summed E-state index contributed by atoms with van der Waals surface area (Å²) in [7, 11) is 1.70. The van der Waals surface area contributed by atoms with Gasteiger partial charge in [0.15, 0.2) is 5.76 Å². The second-order valence-electron chi connectivity index (χ2n) is 8.06. The van der Waals surface area contributed by atoms with Gasteiger partial charge in [0.2, 0.25) is 0 Å². The largest absolute Gasteiger partial charge is 0.496 e. The zero-order valence-corrected chi connectivity index (χ0v) is 18.1. The molecule has 0 spiro atoms. The molecular weight excluding hydrogens is 388 g/mol. The van der Waals surface area contributed by atoms with Gasteiger partial charge >= 0.3 is 0 Å². The van der Waals surface area contributed by atoms with Crippen molar-refractivity contribution < 1.29 is 13.9 Å². The van der Waals surface area contributed by atoms with E-state index in [2.05, 4.69) is 35.2 Å². The number of likely N-dealkylation sites (tertiary alicyclic amines) is 1. The van der Waals surface area contributed by atoms with Crippen LogP contribution in [0.3, 0.4) is 0 Å². The number of carbonyl (C=O) groups is 1. The average Bonchev–Trinajstić information content (AvgIpc) is 3.28. The number of benzene rings is 2. The van der Waals surface area contributed by atoms with Gasteiger partial charge in [-0.1, -0.05) is 48.5 Å². The van der Waals surface area contributed by atoms with Gasteiger partial charge in [0.05, 0.1) is 13.7 Å². The monoisotopic (exact) mass is 418 g/mol. The van der Waals surface area contributed by atoms with Crippen LogP contribution < -0.4 is 4.74 Å². The van der Waals surface area contributed by atoms with Crippen molar-refractivity contribution in [3.63, 3.8) is 0 Å². The highest BCUT2D eigenvalue weighted by Gasteiger charge is 2.22. The first-order chi connectivity index (χ1) is 15.2. The lowest BCUT2D eigenvalue weighted by Gasteiger charge is -2.25. The lowest BCUT2D eigenvalue weighted by molar-refractivity contribution is 0.0687. The van der Waals surface area contributed by atoms with Crippen LogP contribution in [0, 0.1) is 0 Å². The number of nitrogens with zero attached hydrogens (tertiary/aromatic N) is 2.